The third kappa shape index (κ3) is 12.9. The second-order valence-electron chi connectivity index (χ2n) is 6.99. The minimum atomic E-state index is -5.14. The van der Waals surface area contributed by atoms with Gasteiger partial charge in [0.15, 0.2) is 0 Å². The molecule has 0 rings (SSSR count). The number of carbonyl (C=O) groups is 2. The van der Waals surface area contributed by atoms with Gasteiger partial charge < -0.3 is 19.8 Å². The molecule has 0 aromatic carbocycles. The van der Waals surface area contributed by atoms with Crippen molar-refractivity contribution < 1.29 is 136 Å². The van der Waals surface area contributed by atoms with Crippen molar-refractivity contribution >= 4 is 22.1 Å². The van der Waals surface area contributed by atoms with Crippen molar-refractivity contribution in [1.82, 2.24) is 0 Å². The molecule has 0 saturated carbocycles. The number of hydrogen-bond acceptors (Lipinski definition) is 6. The molecule has 0 amide bonds. The number of carboxylic acid groups (broad SMARTS) is 2. The summed E-state index contributed by atoms with van der Waals surface area (Å²) in [7, 11) is -5.14. The Labute approximate surface area is 254 Å². The maximum Gasteiger partial charge on any atom is 1.00 e. The van der Waals surface area contributed by atoms with Crippen molar-refractivity contribution in [1.29, 1.82) is 0 Å². The van der Waals surface area contributed by atoms with Crippen molar-refractivity contribution in [3.05, 3.63) is 0 Å². The number of carboxylic acids is 2. The van der Waals surface area contributed by atoms with Crippen LogP contribution in [0.25, 0.3) is 0 Å². The maximum absolute atomic E-state index is 11.9. The molecule has 1 unspecified atom stereocenters. The minimum Gasteiger partial charge on any atom is -0.549 e. The van der Waals surface area contributed by atoms with Gasteiger partial charge >= 0.3 is 103 Å². The average molecular weight is 471 g/mol. The molecule has 0 radical (unpaired) electrons. The normalized spacial score (nSPS) is 12.5. The second kappa shape index (κ2) is 18.7. The average Bonchev–Trinajstić information content (AvgIpc) is 2.52. The first-order valence-corrected chi connectivity index (χ1v) is 11.0. The number of rotatable bonds is 16. The summed E-state index contributed by atoms with van der Waals surface area (Å²) < 4.78 is 32.7. The monoisotopic (exact) mass is 470 g/mol. The summed E-state index contributed by atoms with van der Waals surface area (Å²) >= 11 is 0. The van der Waals surface area contributed by atoms with Crippen LogP contribution in [0.2, 0.25) is 0 Å². The van der Waals surface area contributed by atoms with Gasteiger partial charge in [-0.2, -0.15) is 8.42 Å². The van der Waals surface area contributed by atoms with Crippen LogP contribution in [-0.2, 0) is 19.7 Å². The van der Waals surface area contributed by atoms with E-state index < -0.39 is 32.7 Å². The summed E-state index contributed by atoms with van der Waals surface area (Å²) in [5, 5.41) is 20.8. The fraction of sp³-hybridized carbons (Fsp3) is 0.889. The Bertz CT molecular complexity index is 524. The van der Waals surface area contributed by atoms with E-state index in [-0.39, 0.29) is 116 Å². The summed E-state index contributed by atoms with van der Waals surface area (Å²) in [6.07, 6.45) is 7.23. The van der Waals surface area contributed by atoms with Crippen molar-refractivity contribution in [3.8, 4) is 0 Å². The van der Waals surface area contributed by atoms with Gasteiger partial charge in [0.05, 0.1) is 5.97 Å². The molecule has 0 aliphatic rings. The summed E-state index contributed by atoms with van der Waals surface area (Å²) in [5.41, 5.74) is -2.18. The predicted octanol–water partition coefficient (Wildman–Crippen LogP) is -4.54. The van der Waals surface area contributed by atoms with Crippen LogP contribution in [0.15, 0.2) is 0 Å². The molecular formula is C18H32K2O7S. The summed E-state index contributed by atoms with van der Waals surface area (Å²) in [4.78, 5) is 23.3. The van der Waals surface area contributed by atoms with E-state index in [0.717, 1.165) is 38.5 Å². The van der Waals surface area contributed by atoms with Crippen molar-refractivity contribution in [2.45, 2.75) is 96.1 Å². The molecule has 0 aromatic heterocycles. The molecular weight excluding hydrogens is 438 g/mol. The van der Waals surface area contributed by atoms with Crippen molar-refractivity contribution in [2.24, 2.45) is 5.41 Å². The fourth-order valence-corrected chi connectivity index (χ4v) is 4.56. The molecule has 10 heteroatoms. The topological polar surface area (TPSA) is 135 Å². The smallest absolute Gasteiger partial charge is 0.549 e. The largest absolute Gasteiger partial charge is 1.00 e. The number of carbonyl (C=O) groups excluding carboxylic acids is 2. The molecule has 0 aliphatic heterocycles. The van der Waals surface area contributed by atoms with Crippen LogP contribution < -0.4 is 113 Å². The first-order valence-electron chi connectivity index (χ1n) is 9.52. The molecule has 0 bridgehead atoms. The third-order valence-corrected chi connectivity index (χ3v) is 6.11. The van der Waals surface area contributed by atoms with Crippen molar-refractivity contribution in [3.63, 3.8) is 0 Å². The Morgan fingerprint density at radius 2 is 1.18 bits per heavy atom. The van der Waals surface area contributed by atoms with Gasteiger partial charge in [0.1, 0.15) is 5.25 Å². The third-order valence-electron chi connectivity index (χ3n) is 4.87. The molecule has 0 aliphatic carbocycles. The number of unbranched alkanes of at least 4 members (excludes halogenated alkanes) is 8. The van der Waals surface area contributed by atoms with E-state index in [1.165, 1.54) is 0 Å². The summed E-state index contributed by atoms with van der Waals surface area (Å²) in [6.45, 7) is 4.04. The Morgan fingerprint density at radius 3 is 1.43 bits per heavy atom. The molecule has 0 heterocycles. The molecule has 0 aromatic rings. The minimum absolute atomic E-state index is 0. The van der Waals surface area contributed by atoms with E-state index in [4.69, 9.17) is 0 Å². The van der Waals surface area contributed by atoms with E-state index in [2.05, 4.69) is 0 Å². The molecule has 0 fully saturated rings. The molecule has 0 saturated heterocycles. The van der Waals surface area contributed by atoms with Gasteiger partial charge in [-0.3, -0.25) is 4.55 Å². The van der Waals surface area contributed by atoms with Crippen LogP contribution in [0.1, 0.15) is 90.9 Å². The molecule has 1 atom stereocenters. The fourth-order valence-electron chi connectivity index (χ4n) is 3.42. The molecule has 154 valence electrons. The molecule has 0 spiro atoms. The van der Waals surface area contributed by atoms with E-state index in [0.29, 0.717) is 25.7 Å². The molecule has 7 nitrogen and oxygen atoms in total. The van der Waals surface area contributed by atoms with Crippen LogP contribution in [0.4, 0.5) is 0 Å². The predicted molar refractivity (Wildman–Crippen MR) is 94.5 cm³/mol. The van der Waals surface area contributed by atoms with Crippen LogP contribution in [0, 0.1) is 5.41 Å². The van der Waals surface area contributed by atoms with Gasteiger partial charge in [0, 0.05) is 11.4 Å². The van der Waals surface area contributed by atoms with E-state index in [9.17, 15) is 32.8 Å². The van der Waals surface area contributed by atoms with Gasteiger partial charge in [0.2, 0.25) is 0 Å². The maximum atomic E-state index is 11.9. The van der Waals surface area contributed by atoms with Gasteiger partial charge in [0.25, 0.3) is 10.1 Å². The van der Waals surface area contributed by atoms with Crippen molar-refractivity contribution in [2.75, 3.05) is 0 Å². The zero-order chi connectivity index (χ0) is 20.2. The quantitative estimate of drug-likeness (QED) is 0.136. The Balaban J connectivity index is -0.00000312. The van der Waals surface area contributed by atoms with E-state index in [1.54, 1.807) is 0 Å². The van der Waals surface area contributed by atoms with Crippen LogP contribution in [0.3, 0.4) is 0 Å². The van der Waals surface area contributed by atoms with Crippen LogP contribution >= 0.6 is 0 Å². The zero-order valence-electron chi connectivity index (χ0n) is 17.9. The first kappa shape index (κ1) is 34.7. The van der Waals surface area contributed by atoms with Gasteiger partial charge in [-0.25, -0.2) is 0 Å². The second-order valence-corrected chi connectivity index (χ2v) is 8.49. The van der Waals surface area contributed by atoms with E-state index >= 15 is 0 Å². The Hall–Kier alpha value is 2.12. The van der Waals surface area contributed by atoms with E-state index in [1.807, 2.05) is 13.8 Å². The number of hydrogen-bond donors (Lipinski definition) is 1. The van der Waals surface area contributed by atoms with Gasteiger partial charge in [-0.05, 0) is 12.8 Å². The summed E-state index contributed by atoms with van der Waals surface area (Å²) in [6, 6.07) is 0. The summed E-state index contributed by atoms with van der Waals surface area (Å²) in [5.74, 6) is -3.85. The molecule has 28 heavy (non-hydrogen) atoms. The standard InChI is InChI=1S/C18H34O7S.2K/c1-3-5-7-9-11-13-18(17(21)22,14-12-10-8-6-4-2)15(16(19)20)26(23,24)25;;/h15H,3-14H2,1-2H3,(H,19,20)(H,21,22)(H,23,24,25);;/q;2*+1/p-2. The van der Waals surface area contributed by atoms with Crippen LogP contribution in [-0.4, -0.2) is 30.2 Å². The molecule has 1 N–H and O–H groups in total. The zero-order valence-corrected chi connectivity index (χ0v) is 24.9. The van der Waals surface area contributed by atoms with Crippen LogP contribution in [0.5, 0.6) is 0 Å². The van der Waals surface area contributed by atoms with Gasteiger partial charge in [-0.15, -0.1) is 0 Å². The first-order chi connectivity index (χ1) is 12.1. The Kier molecular flexibility index (Phi) is 23.2. The SMILES string of the molecule is CCCCCCCC(CCCCCCC)(C(=O)[O-])C(C(=O)[O-])S(=O)(=O)O.[K+].[K+]. The van der Waals surface area contributed by atoms with Gasteiger partial charge in [-0.1, -0.05) is 78.1 Å². The number of aliphatic carboxylic acids is 2. The Morgan fingerprint density at radius 1 is 0.821 bits per heavy atom.